The molecule has 0 fully saturated rings. The third-order valence-electron chi connectivity index (χ3n) is 3.69. The Kier molecular flexibility index (Phi) is 3.28. The average Bonchev–Trinajstić information content (AvgIpc) is 3.08. The Bertz CT molecular complexity index is 1050. The number of benzene rings is 1. The van der Waals surface area contributed by atoms with Crippen LogP contribution in [0.2, 0.25) is 5.02 Å². The SMILES string of the molecule is FC(F)(F)c1nc2ccccc2n1Cc1cn2cc(Cl)ccc2n1. The van der Waals surface area contributed by atoms with E-state index in [1.165, 1.54) is 0 Å². The first kappa shape index (κ1) is 15.0. The Morgan fingerprint density at radius 3 is 2.58 bits per heavy atom. The van der Waals surface area contributed by atoms with Crippen LogP contribution in [0.15, 0.2) is 48.8 Å². The lowest BCUT2D eigenvalue weighted by Gasteiger charge is -2.09. The Balaban J connectivity index is 1.85. The normalized spacial score (nSPS) is 12.3. The summed E-state index contributed by atoms with van der Waals surface area (Å²) in [5.74, 6) is -0.932. The molecule has 0 unspecified atom stereocenters. The molecule has 8 heteroatoms. The number of pyridine rings is 1. The molecule has 0 aliphatic heterocycles. The molecule has 0 aliphatic rings. The quantitative estimate of drug-likeness (QED) is 0.537. The van der Waals surface area contributed by atoms with Crippen molar-refractivity contribution in [1.82, 2.24) is 18.9 Å². The van der Waals surface area contributed by atoms with Gasteiger partial charge in [-0.1, -0.05) is 23.7 Å². The van der Waals surface area contributed by atoms with Gasteiger partial charge in [0.25, 0.3) is 0 Å². The highest BCUT2D eigenvalue weighted by Crippen LogP contribution is 2.32. The van der Waals surface area contributed by atoms with Crippen LogP contribution in [-0.2, 0) is 12.7 Å². The molecule has 122 valence electrons. The number of para-hydroxylation sites is 2. The lowest BCUT2D eigenvalue weighted by molar-refractivity contribution is -0.146. The topological polar surface area (TPSA) is 35.1 Å². The maximum Gasteiger partial charge on any atom is 0.449 e. The average molecular weight is 351 g/mol. The Morgan fingerprint density at radius 2 is 1.79 bits per heavy atom. The summed E-state index contributed by atoms with van der Waals surface area (Å²) in [4.78, 5) is 8.08. The number of imidazole rings is 2. The summed E-state index contributed by atoms with van der Waals surface area (Å²) in [5.41, 5.74) is 1.83. The van der Waals surface area contributed by atoms with Crippen molar-refractivity contribution in [2.45, 2.75) is 12.7 Å². The Hall–Kier alpha value is -2.54. The highest BCUT2D eigenvalue weighted by Gasteiger charge is 2.37. The zero-order valence-electron chi connectivity index (χ0n) is 12.1. The van der Waals surface area contributed by atoms with Crippen molar-refractivity contribution in [2.24, 2.45) is 0 Å². The van der Waals surface area contributed by atoms with E-state index in [0.29, 0.717) is 27.4 Å². The van der Waals surface area contributed by atoms with Gasteiger partial charge in [0.2, 0.25) is 5.82 Å². The zero-order valence-corrected chi connectivity index (χ0v) is 12.9. The summed E-state index contributed by atoms with van der Waals surface area (Å²) in [7, 11) is 0. The van der Waals surface area contributed by atoms with Crippen LogP contribution in [0, 0.1) is 0 Å². The number of aromatic nitrogens is 4. The molecule has 0 atom stereocenters. The summed E-state index contributed by atoms with van der Waals surface area (Å²) < 4.78 is 42.8. The van der Waals surface area contributed by atoms with E-state index in [-0.39, 0.29) is 6.54 Å². The molecular formula is C16H10ClF3N4. The van der Waals surface area contributed by atoms with E-state index >= 15 is 0 Å². The number of fused-ring (bicyclic) bond motifs is 2. The van der Waals surface area contributed by atoms with Gasteiger partial charge in [0.1, 0.15) is 5.65 Å². The fraction of sp³-hybridized carbons (Fsp3) is 0.125. The summed E-state index contributed by atoms with van der Waals surface area (Å²) in [6.45, 7) is -0.0331. The number of halogens is 4. The number of nitrogens with zero attached hydrogens (tertiary/aromatic N) is 4. The highest BCUT2D eigenvalue weighted by molar-refractivity contribution is 6.30. The minimum Gasteiger partial charge on any atom is -0.314 e. The molecule has 0 radical (unpaired) electrons. The lowest BCUT2D eigenvalue weighted by Crippen LogP contribution is -2.15. The van der Waals surface area contributed by atoms with Crippen molar-refractivity contribution in [2.75, 3.05) is 0 Å². The molecule has 0 bridgehead atoms. The fourth-order valence-corrected chi connectivity index (χ4v) is 2.88. The van der Waals surface area contributed by atoms with E-state index in [1.54, 1.807) is 53.2 Å². The summed E-state index contributed by atoms with van der Waals surface area (Å²) in [5, 5.41) is 0.524. The molecule has 0 saturated carbocycles. The predicted octanol–water partition coefficient (Wildman–Crippen LogP) is 4.40. The van der Waals surface area contributed by atoms with Gasteiger partial charge in [-0.2, -0.15) is 13.2 Å². The van der Waals surface area contributed by atoms with Gasteiger partial charge in [-0.15, -0.1) is 0 Å². The van der Waals surface area contributed by atoms with Gasteiger partial charge in [-0.25, -0.2) is 9.97 Å². The van der Waals surface area contributed by atoms with E-state index in [1.807, 2.05) is 0 Å². The van der Waals surface area contributed by atoms with Gasteiger partial charge >= 0.3 is 6.18 Å². The number of hydrogen-bond acceptors (Lipinski definition) is 2. The molecule has 4 nitrogen and oxygen atoms in total. The second-order valence-electron chi connectivity index (χ2n) is 5.35. The third kappa shape index (κ3) is 2.50. The van der Waals surface area contributed by atoms with Crippen molar-refractivity contribution in [3.8, 4) is 0 Å². The Morgan fingerprint density at radius 1 is 1.00 bits per heavy atom. The van der Waals surface area contributed by atoms with Gasteiger partial charge in [0, 0.05) is 12.4 Å². The van der Waals surface area contributed by atoms with Gasteiger partial charge in [-0.3, -0.25) is 0 Å². The van der Waals surface area contributed by atoms with Crippen molar-refractivity contribution < 1.29 is 13.2 Å². The predicted molar refractivity (Wildman–Crippen MR) is 84.0 cm³/mol. The lowest BCUT2D eigenvalue weighted by atomic mass is 10.3. The number of hydrogen-bond donors (Lipinski definition) is 0. The molecule has 0 aliphatic carbocycles. The smallest absolute Gasteiger partial charge is 0.314 e. The van der Waals surface area contributed by atoms with Crippen molar-refractivity contribution in [3.63, 3.8) is 0 Å². The summed E-state index contributed by atoms with van der Waals surface area (Å²) >= 11 is 5.92. The third-order valence-corrected chi connectivity index (χ3v) is 3.92. The van der Waals surface area contributed by atoms with E-state index in [0.717, 1.165) is 4.57 Å². The van der Waals surface area contributed by atoms with Crippen LogP contribution in [0.1, 0.15) is 11.5 Å². The Labute approximate surface area is 139 Å². The molecule has 3 heterocycles. The van der Waals surface area contributed by atoms with E-state index in [4.69, 9.17) is 11.6 Å². The molecule has 4 rings (SSSR count). The fourth-order valence-electron chi connectivity index (χ4n) is 2.71. The minimum absolute atomic E-state index is 0.0331. The van der Waals surface area contributed by atoms with Crippen molar-refractivity contribution in [1.29, 1.82) is 0 Å². The van der Waals surface area contributed by atoms with Gasteiger partial charge in [0.15, 0.2) is 0 Å². The molecule has 0 amide bonds. The maximum absolute atomic E-state index is 13.3. The van der Waals surface area contributed by atoms with E-state index in [2.05, 4.69) is 9.97 Å². The van der Waals surface area contributed by atoms with Crippen LogP contribution in [0.5, 0.6) is 0 Å². The molecule has 1 aromatic carbocycles. The number of rotatable bonds is 2. The van der Waals surface area contributed by atoms with Crippen molar-refractivity contribution >= 4 is 28.3 Å². The molecule has 3 aromatic heterocycles. The number of alkyl halides is 3. The second kappa shape index (κ2) is 5.24. The minimum atomic E-state index is -4.54. The largest absolute Gasteiger partial charge is 0.449 e. The molecular weight excluding hydrogens is 341 g/mol. The van der Waals surface area contributed by atoms with Crippen LogP contribution >= 0.6 is 11.6 Å². The standard InChI is InChI=1S/C16H10ClF3N4/c17-10-5-6-14-21-11(8-23(14)7-10)9-24-13-4-2-1-3-12(13)22-15(24)16(18,19)20/h1-8H,9H2. The molecule has 0 spiro atoms. The second-order valence-corrected chi connectivity index (χ2v) is 5.79. The zero-order chi connectivity index (χ0) is 16.9. The van der Waals surface area contributed by atoms with E-state index in [9.17, 15) is 13.2 Å². The molecule has 0 saturated heterocycles. The molecule has 4 aromatic rings. The van der Waals surface area contributed by atoms with Crippen LogP contribution in [0.25, 0.3) is 16.7 Å². The molecule has 0 N–H and O–H groups in total. The summed E-state index contributed by atoms with van der Waals surface area (Å²) in [6.07, 6.45) is -1.22. The van der Waals surface area contributed by atoms with Gasteiger partial charge in [-0.05, 0) is 24.3 Å². The van der Waals surface area contributed by atoms with Gasteiger partial charge in [0.05, 0.1) is 28.3 Å². The van der Waals surface area contributed by atoms with Crippen LogP contribution in [-0.4, -0.2) is 18.9 Å². The first-order valence-electron chi connectivity index (χ1n) is 7.07. The monoisotopic (exact) mass is 350 g/mol. The van der Waals surface area contributed by atoms with E-state index < -0.39 is 12.0 Å². The van der Waals surface area contributed by atoms with Crippen LogP contribution in [0.4, 0.5) is 13.2 Å². The highest BCUT2D eigenvalue weighted by atomic mass is 35.5. The van der Waals surface area contributed by atoms with Gasteiger partial charge < -0.3 is 8.97 Å². The van der Waals surface area contributed by atoms with Crippen molar-refractivity contribution in [3.05, 3.63) is 65.3 Å². The first-order valence-corrected chi connectivity index (χ1v) is 7.45. The van der Waals surface area contributed by atoms with Crippen LogP contribution < -0.4 is 0 Å². The van der Waals surface area contributed by atoms with Crippen LogP contribution in [0.3, 0.4) is 0 Å². The maximum atomic E-state index is 13.3. The summed E-state index contributed by atoms with van der Waals surface area (Å²) in [6, 6.07) is 9.91. The molecule has 24 heavy (non-hydrogen) atoms. The first-order chi connectivity index (χ1) is 11.4.